The fourth-order valence-electron chi connectivity index (χ4n) is 7.96. The monoisotopic (exact) mass is 452 g/mol. The quantitative estimate of drug-likeness (QED) is 0.587. The number of hydrogen-bond acceptors (Lipinski definition) is 6. The van der Waals surface area contributed by atoms with Crippen LogP contribution in [0.1, 0.15) is 66.2 Å². The van der Waals surface area contributed by atoms with Crippen LogP contribution in [-0.2, 0) is 28.7 Å². The summed E-state index contributed by atoms with van der Waals surface area (Å²) in [6, 6.07) is 0. The normalized spacial score (nSPS) is 41.7. The van der Waals surface area contributed by atoms with E-state index < -0.39 is 40.8 Å². The molecule has 8 unspecified atom stereocenters. The number of fused-ring (bicyclic) bond motifs is 3. The maximum atomic E-state index is 12.4. The topological polar surface area (TPSA) is 127 Å². The number of carbonyl (C=O) groups excluding carboxylic acids is 2. The van der Waals surface area contributed by atoms with Crippen molar-refractivity contribution in [3.8, 4) is 0 Å². The van der Waals surface area contributed by atoms with E-state index in [0.717, 1.165) is 12.8 Å². The van der Waals surface area contributed by atoms with Crippen molar-refractivity contribution in [2.24, 2.45) is 46.3 Å². The summed E-state index contributed by atoms with van der Waals surface area (Å²) in [5, 5.41) is 19.5. The second kappa shape index (κ2) is 8.67. The number of hydrogen-bond donors (Lipinski definition) is 2. The van der Waals surface area contributed by atoms with Crippen LogP contribution in [0.3, 0.4) is 0 Å². The zero-order valence-electron chi connectivity index (χ0n) is 19.6. The van der Waals surface area contributed by atoms with E-state index in [9.17, 15) is 29.4 Å². The molecule has 3 saturated carbocycles. The first-order valence-electron chi connectivity index (χ1n) is 11.6. The van der Waals surface area contributed by atoms with Crippen molar-refractivity contribution in [2.45, 2.75) is 72.3 Å². The lowest BCUT2D eigenvalue weighted by Gasteiger charge is -2.60. The minimum Gasteiger partial charge on any atom is -0.481 e. The summed E-state index contributed by atoms with van der Waals surface area (Å²) in [6.45, 7) is 7.09. The minimum absolute atomic E-state index is 0.0341. The van der Waals surface area contributed by atoms with E-state index in [-0.39, 0.29) is 42.0 Å². The third kappa shape index (κ3) is 3.79. The largest absolute Gasteiger partial charge is 0.481 e. The molecule has 32 heavy (non-hydrogen) atoms. The molecule has 0 amide bonds. The van der Waals surface area contributed by atoms with Crippen LogP contribution in [0, 0.1) is 46.3 Å². The van der Waals surface area contributed by atoms with Crippen LogP contribution in [0.15, 0.2) is 0 Å². The van der Waals surface area contributed by atoms with Gasteiger partial charge in [-0.2, -0.15) is 0 Å². The summed E-state index contributed by atoms with van der Waals surface area (Å²) >= 11 is 0. The number of esters is 2. The third-order valence-corrected chi connectivity index (χ3v) is 9.33. The lowest BCUT2D eigenvalue weighted by atomic mass is 9.45. The number of carboxylic acids is 2. The Labute approximate surface area is 189 Å². The smallest absolute Gasteiger partial charge is 0.308 e. The van der Waals surface area contributed by atoms with Crippen LogP contribution < -0.4 is 0 Å². The fraction of sp³-hybridized carbons (Fsp3) is 0.833. The van der Waals surface area contributed by atoms with E-state index in [0.29, 0.717) is 19.3 Å². The summed E-state index contributed by atoms with van der Waals surface area (Å²) in [4.78, 5) is 48.4. The Balaban J connectivity index is 2.06. The van der Waals surface area contributed by atoms with Gasteiger partial charge in [-0.05, 0) is 61.2 Å². The fourth-order valence-corrected chi connectivity index (χ4v) is 7.96. The van der Waals surface area contributed by atoms with Crippen molar-refractivity contribution in [1.82, 2.24) is 0 Å². The maximum absolute atomic E-state index is 12.4. The first-order chi connectivity index (χ1) is 14.9. The molecule has 0 heterocycles. The van der Waals surface area contributed by atoms with Crippen LogP contribution in [0.5, 0.6) is 0 Å². The van der Waals surface area contributed by atoms with Gasteiger partial charge in [0.05, 0.1) is 25.4 Å². The Morgan fingerprint density at radius 2 is 1.69 bits per heavy atom. The van der Waals surface area contributed by atoms with Gasteiger partial charge in [-0.1, -0.05) is 20.8 Å². The Morgan fingerprint density at radius 1 is 1.03 bits per heavy atom. The van der Waals surface area contributed by atoms with Gasteiger partial charge in [0.2, 0.25) is 0 Å². The molecule has 3 rings (SSSR count). The van der Waals surface area contributed by atoms with Gasteiger partial charge in [-0.3, -0.25) is 19.2 Å². The van der Waals surface area contributed by atoms with E-state index in [2.05, 4.69) is 6.92 Å². The molecule has 180 valence electrons. The van der Waals surface area contributed by atoms with Crippen molar-refractivity contribution in [3.63, 3.8) is 0 Å². The average Bonchev–Trinajstić information content (AvgIpc) is 3.05. The highest BCUT2D eigenvalue weighted by atomic mass is 16.5. The molecule has 0 aromatic carbocycles. The van der Waals surface area contributed by atoms with E-state index in [1.54, 1.807) is 6.92 Å². The number of methoxy groups -OCH3 is 1. The highest BCUT2D eigenvalue weighted by Gasteiger charge is 2.66. The van der Waals surface area contributed by atoms with Crippen LogP contribution in [0.25, 0.3) is 0 Å². The molecule has 0 radical (unpaired) electrons. The first-order valence-corrected chi connectivity index (χ1v) is 11.6. The average molecular weight is 453 g/mol. The molecule has 8 nitrogen and oxygen atoms in total. The summed E-state index contributed by atoms with van der Waals surface area (Å²) in [7, 11) is 1.37. The Morgan fingerprint density at radius 3 is 2.22 bits per heavy atom. The molecule has 8 heteroatoms. The van der Waals surface area contributed by atoms with E-state index in [1.807, 2.05) is 6.92 Å². The molecular formula is C24H36O8. The van der Waals surface area contributed by atoms with Gasteiger partial charge in [0.25, 0.3) is 0 Å². The minimum atomic E-state index is -1.01. The summed E-state index contributed by atoms with van der Waals surface area (Å²) < 4.78 is 10.9. The highest BCUT2D eigenvalue weighted by molar-refractivity contribution is 5.74. The SMILES string of the molecule is COC(=O)[C@@H](C)C1CCC2C3CCC(C(=O)O)C(C)(CC(=O)O)C3CC(OC(C)=O)C21C. The standard InChI is InChI=1S/C24H36O8/c1-12(22(30)31-5)15-8-9-16-14-6-7-17(21(28)29)23(3,11-20(26)27)18(14)10-19(24(15,16)4)32-13(2)25/h12,14-19H,6-11H2,1-5H3,(H,26,27)(H,28,29)/t12-,14?,15?,16?,17?,18?,19?,23?,24?/m0/s1. The molecule has 0 saturated heterocycles. The molecule has 9 atom stereocenters. The number of ether oxygens (including phenoxy) is 2. The zero-order chi connectivity index (χ0) is 24.0. The van der Waals surface area contributed by atoms with Crippen molar-refractivity contribution in [2.75, 3.05) is 7.11 Å². The van der Waals surface area contributed by atoms with Gasteiger partial charge in [-0.15, -0.1) is 0 Å². The number of carboxylic acid groups (broad SMARTS) is 2. The summed E-state index contributed by atoms with van der Waals surface area (Å²) in [5.41, 5.74) is -1.40. The molecule has 0 aliphatic heterocycles. The summed E-state index contributed by atoms with van der Waals surface area (Å²) in [6.07, 6.45) is 2.43. The molecule has 2 N–H and O–H groups in total. The van der Waals surface area contributed by atoms with Crippen molar-refractivity contribution in [3.05, 3.63) is 0 Å². The number of aliphatic carboxylic acids is 2. The molecule has 0 spiro atoms. The predicted octanol–water partition coefficient (Wildman–Crippen LogP) is 3.37. The molecular weight excluding hydrogens is 416 g/mol. The lowest BCUT2D eigenvalue weighted by Crippen LogP contribution is -2.60. The maximum Gasteiger partial charge on any atom is 0.308 e. The van der Waals surface area contributed by atoms with Gasteiger partial charge >= 0.3 is 23.9 Å². The second-order valence-corrected chi connectivity index (χ2v) is 10.6. The van der Waals surface area contributed by atoms with Gasteiger partial charge in [0.15, 0.2) is 0 Å². The molecule has 0 bridgehead atoms. The Bertz CT molecular complexity index is 793. The van der Waals surface area contributed by atoms with Crippen LogP contribution >= 0.6 is 0 Å². The van der Waals surface area contributed by atoms with Crippen molar-refractivity contribution < 1.29 is 38.9 Å². The van der Waals surface area contributed by atoms with Gasteiger partial charge < -0.3 is 19.7 Å². The zero-order valence-corrected chi connectivity index (χ0v) is 19.6. The van der Waals surface area contributed by atoms with Crippen LogP contribution in [-0.4, -0.2) is 47.3 Å². The summed E-state index contributed by atoms with van der Waals surface area (Å²) in [5.74, 6) is -3.78. The second-order valence-electron chi connectivity index (χ2n) is 10.6. The first kappa shape index (κ1) is 24.5. The lowest BCUT2D eigenvalue weighted by molar-refractivity contribution is -0.198. The molecule has 3 aliphatic rings. The number of rotatable bonds is 6. The van der Waals surface area contributed by atoms with E-state index >= 15 is 0 Å². The van der Waals surface area contributed by atoms with Crippen LogP contribution in [0.4, 0.5) is 0 Å². The van der Waals surface area contributed by atoms with Gasteiger partial charge in [-0.25, -0.2) is 0 Å². The van der Waals surface area contributed by atoms with E-state index in [4.69, 9.17) is 9.47 Å². The Hall–Kier alpha value is -2.12. The molecule has 0 aromatic heterocycles. The van der Waals surface area contributed by atoms with Crippen molar-refractivity contribution >= 4 is 23.9 Å². The molecule has 3 aliphatic carbocycles. The van der Waals surface area contributed by atoms with Crippen molar-refractivity contribution in [1.29, 1.82) is 0 Å². The predicted molar refractivity (Wildman–Crippen MR) is 113 cm³/mol. The van der Waals surface area contributed by atoms with Gasteiger partial charge in [0, 0.05) is 12.3 Å². The Kier molecular flexibility index (Phi) is 6.64. The van der Waals surface area contributed by atoms with Crippen LogP contribution in [0.2, 0.25) is 0 Å². The molecule has 3 fully saturated rings. The van der Waals surface area contributed by atoms with Gasteiger partial charge in [0.1, 0.15) is 6.10 Å². The highest BCUT2D eigenvalue weighted by Crippen LogP contribution is 2.67. The van der Waals surface area contributed by atoms with E-state index in [1.165, 1.54) is 14.0 Å². The molecule has 0 aromatic rings. The third-order valence-electron chi connectivity index (χ3n) is 9.33. The number of carbonyl (C=O) groups is 4.